The molecule has 1 aromatic rings. The van der Waals surface area contributed by atoms with E-state index in [1.165, 1.54) is 0 Å². The van der Waals surface area contributed by atoms with Gasteiger partial charge in [-0.25, -0.2) is 9.18 Å². The van der Waals surface area contributed by atoms with Crippen molar-refractivity contribution >= 4 is 5.97 Å². The molecule has 88 valence electrons. The lowest BCUT2D eigenvalue weighted by Crippen LogP contribution is -2.48. The number of hydrogen-bond acceptors (Lipinski definition) is 2. The van der Waals surface area contributed by atoms with Gasteiger partial charge in [-0.2, -0.15) is 8.78 Å². The minimum Gasteiger partial charge on any atom is -0.477 e. The third-order valence-corrected chi connectivity index (χ3v) is 2.29. The third kappa shape index (κ3) is 1.88. The van der Waals surface area contributed by atoms with Gasteiger partial charge in [-0.1, -0.05) is 12.1 Å². The molecule has 16 heavy (non-hydrogen) atoms. The van der Waals surface area contributed by atoms with Crippen molar-refractivity contribution < 1.29 is 28.2 Å². The van der Waals surface area contributed by atoms with Gasteiger partial charge in [0.15, 0.2) is 5.60 Å². The van der Waals surface area contributed by atoms with E-state index in [9.17, 15) is 23.1 Å². The molecule has 0 aliphatic rings. The van der Waals surface area contributed by atoms with Crippen molar-refractivity contribution in [1.29, 1.82) is 0 Å². The van der Waals surface area contributed by atoms with Crippen LogP contribution in [0.5, 0.6) is 0 Å². The summed E-state index contributed by atoms with van der Waals surface area (Å²) < 4.78 is 38.9. The maximum absolute atomic E-state index is 13.2. The second kappa shape index (κ2) is 3.79. The number of aliphatic hydroxyl groups is 1. The second-order valence-corrected chi connectivity index (χ2v) is 3.46. The van der Waals surface area contributed by atoms with Crippen LogP contribution in [-0.4, -0.2) is 22.1 Å². The van der Waals surface area contributed by atoms with Crippen LogP contribution in [0.4, 0.5) is 13.2 Å². The van der Waals surface area contributed by atoms with Crippen LogP contribution in [0.1, 0.15) is 12.5 Å². The van der Waals surface area contributed by atoms with Gasteiger partial charge in [0.25, 0.3) is 0 Å². The minimum absolute atomic E-state index is 0.374. The molecule has 2 N–H and O–H groups in total. The van der Waals surface area contributed by atoms with Gasteiger partial charge in [-0.3, -0.25) is 0 Å². The summed E-state index contributed by atoms with van der Waals surface area (Å²) in [5.41, 5.74) is -3.27. The van der Waals surface area contributed by atoms with E-state index in [4.69, 9.17) is 5.11 Å². The Morgan fingerprint density at radius 3 is 2.06 bits per heavy atom. The van der Waals surface area contributed by atoms with Crippen molar-refractivity contribution in [2.75, 3.05) is 0 Å². The van der Waals surface area contributed by atoms with E-state index in [2.05, 4.69) is 0 Å². The Balaban J connectivity index is 3.20. The number of carboxylic acid groups (broad SMARTS) is 1. The molecule has 1 unspecified atom stereocenters. The Kier molecular flexibility index (Phi) is 2.96. The molecule has 0 saturated heterocycles. The van der Waals surface area contributed by atoms with E-state index in [0.717, 1.165) is 24.3 Å². The van der Waals surface area contributed by atoms with Gasteiger partial charge in [0.2, 0.25) is 0 Å². The average Bonchev–Trinajstić information content (AvgIpc) is 2.17. The zero-order valence-electron chi connectivity index (χ0n) is 8.25. The first-order valence-electron chi connectivity index (χ1n) is 4.29. The number of carbonyl (C=O) groups is 1. The number of rotatable bonds is 3. The number of hydrogen-bond donors (Lipinski definition) is 2. The van der Waals surface area contributed by atoms with Gasteiger partial charge in [0.1, 0.15) is 5.82 Å². The van der Waals surface area contributed by atoms with E-state index >= 15 is 0 Å². The number of benzene rings is 1. The predicted molar refractivity (Wildman–Crippen MR) is 48.6 cm³/mol. The number of alkyl halides is 2. The van der Waals surface area contributed by atoms with Gasteiger partial charge < -0.3 is 10.2 Å². The highest BCUT2D eigenvalue weighted by Gasteiger charge is 2.56. The smallest absolute Gasteiger partial charge is 0.378 e. The van der Waals surface area contributed by atoms with Crippen LogP contribution in [-0.2, 0) is 10.4 Å². The first-order valence-corrected chi connectivity index (χ1v) is 4.29. The molecule has 0 bridgehead atoms. The average molecular weight is 234 g/mol. The summed E-state index contributed by atoms with van der Waals surface area (Å²) in [7, 11) is 0. The molecule has 0 aliphatic heterocycles. The van der Waals surface area contributed by atoms with E-state index in [-0.39, 0.29) is 5.56 Å². The van der Waals surface area contributed by atoms with Crippen LogP contribution in [0.25, 0.3) is 0 Å². The maximum Gasteiger partial charge on any atom is 0.378 e. The molecule has 1 rings (SSSR count). The highest BCUT2D eigenvalue weighted by Crippen LogP contribution is 2.37. The van der Waals surface area contributed by atoms with Crippen LogP contribution in [0.15, 0.2) is 24.3 Å². The van der Waals surface area contributed by atoms with Gasteiger partial charge >= 0.3 is 11.9 Å². The monoisotopic (exact) mass is 234 g/mol. The lowest BCUT2D eigenvalue weighted by molar-refractivity contribution is -0.207. The number of carboxylic acids is 1. The molecule has 0 fully saturated rings. The lowest BCUT2D eigenvalue weighted by atomic mass is 9.89. The van der Waals surface area contributed by atoms with Crippen LogP contribution >= 0.6 is 0 Å². The van der Waals surface area contributed by atoms with Crippen molar-refractivity contribution in [3.63, 3.8) is 0 Å². The van der Waals surface area contributed by atoms with Gasteiger partial charge in [-0.05, 0) is 24.6 Å². The normalized spacial score (nSPS) is 15.6. The topological polar surface area (TPSA) is 57.5 Å². The molecule has 0 radical (unpaired) electrons. The Hall–Kier alpha value is -1.56. The van der Waals surface area contributed by atoms with Crippen molar-refractivity contribution in [3.05, 3.63) is 35.6 Å². The third-order valence-electron chi connectivity index (χ3n) is 2.29. The van der Waals surface area contributed by atoms with Crippen LogP contribution in [0.3, 0.4) is 0 Å². The summed E-state index contributed by atoms with van der Waals surface area (Å²) >= 11 is 0. The largest absolute Gasteiger partial charge is 0.477 e. The summed E-state index contributed by atoms with van der Waals surface area (Å²) in [6, 6.07) is 3.54. The Morgan fingerprint density at radius 1 is 1.25 bits per heavy atom. The summed E-state index contributed by atoms with van der Waals surface area (Å²) in [5, 5.41) is 17.8. The van der Waals surface area contributed by atoms with Crippen LogP contribution < -0.4 is 0 Å². The van der Waals surface area contributed by atoms with Crippen LogP contribution in [0, 0.1) is 5.82 Å². The molecule has 0 aliphatic carbocycles. The zero-order chi connectivity index (χ0) is 12.6. The molecule has 3 nitrogen and oxygen atoms in total. The van der Waals surface area contributed by atoms with E-state index in [0.29, 0.717) is 6.92 Å². The first-order chi connectivity index (χ1) is 7.19. The summed E-state index contributed by atoms with van der Waals surface area (Å²) in [4.78, 5) is 10.3. The molecule has 0 saturated carbocycles. The highest BCUT2D eigenvalue weighted by atomic mass is 19.3. The fourth-order valence-corrected chi connectivity index (χ4v) is 1.16. The minimum atomic E-state index is -4.36. The summed E-state index contributed by atoms with van der Waals surface area (Å²) in [6.07, 6.45) is 0. The maximum atomic E-state index is 13.2. The van der Waals surface area contributed by atoms with E-state index in [1.54, 1.807) is 0 Å². The highest BCUT2D eigenvalue weighted by molar-refractivity contribution is 5.77. The fraction of sp³-hybridized carbons (Fsp3) is 0.300. The molecule has 1 aromatic carbocycles. The second-order valence-electron chi connectivity index (χ2n) is 3.46. The van der Waals surface area contributed by atoms with Crippen molar-refractivity contribution in [2.24, 2.45) is 0 Å². The zero-order valence-corrected chi connectivity index (χ0v) is 8.25. The summed E-state index contributed by atoms with van der Waals surface area (Å²) in [6.45, 7) is 0.661. The van der Waals surface area contributed by atoms with Gasteiger partial charge in [0.05, 0.1) is 0 Å². The molecule has 1 atom stereocenters. The predicted octanol–water partition coefficient (Wildman–Crippen LogP) is 1.75. The quantitative estimate of drug-likeness (QED) is 0.837. The van der Waals surface area contributed by atoms with Gasteiger partial charge in [0, 0.05) is 0 Å². The fourth-order valence-electron chi connectivity index (χ4n) is 1.16. The molecule has 0 spiro atoms. The molecule has 6 heteroatoms. The molecule has 0 heterocycles. The van der Waals surface area contributed by atoms with E-state index in [1.807, 2.05) is 0 Å². The van der Waals surface area contributed by atoms with Crippen molar-refractivity contribution in [1.82, 2.24) is 0 Å². The van der Waals surface area contributed by atoms with Gasteiger partial charge in [-0.15, -0.1) is 0 Å². The molecular weight excluding hydrogens is 225 g/mol. The standard InChI is InChI=1S/C10H9F3O3/c1-9(16,10(12,13)8(14)15)6-2-4-7(11)5-3-6/h2-5,16H,1H3,(H,14,15). The van der Waals surface area contributed by atoms with Crippen molar-refractivity contribution in [3.8, 4) is 0 Å². The molecule has 0 amide bonds. The number of halogens is 3. The Morgan fingerprint density at radius 2 is 1.69 bits per heavy atom. The SMILES string of the molecule is CC(O)(c1ccc(F)cc1)C(F)(F)C(=O)O. The number of aliphatic carboxylic acids is 1. The van der Waals surface area contributed by atoms with Crippen LogP contribution in [0.2, 0.25) is 0 Å². The summed E-state index contributed by atoms with van der Waals surface area (Å²) in [5.74, 6) is -7.47. The molecular formula is C10H9F3O3. The van der Waals surface area contributed by atoms with Crippen molar-refractivity contribution in [2.45, 2.75) is 18.4 Å². The molecule has 0 aromatic heterocycles. The van der Waals surface area contributed by atoms with E-state index < -0.39 is 23.3 Å². The Labute approximate surface area is 89.1 Å². The Bertz CT molecular complexity index is 398. The lowest BCUT2D eigenvalue weighted by Gasteiger charge is -2.29. The first kappa shape index (κ1) is 12.5.